The summed E-state index contributed by atoms with van der Waals surface area (Å²) in [6.45, 7) is 9.01. The second-order valence-corrected chi connectivity index (χ2v) is 13.4. The molecule has 0 amide bonds. The molecule has 6 atom stereocenters. The Morgan fingerprint density at radius 3 is 2.59 bits per heavy atom. The summed E-state index contributed by atoms with van der Waals surface area (Å²) < 4.78 is 0.382. The molecular formula is C24H34OS2. The molecule has 1 aliphatic heterocycles. The van der Waals surface area contributed by atoms with Crippen LogP contribution in [0.4, 0.5) is 0 Å². The minimum Gasteiger partial charge on any atom is -0.299 e. The molecule has 0 aromatic carbocycles. The van der Waals surface area contributed by atoms with Gasteiger partial charge in [-0.05, 0) is 74.0 Å². The van der Waals surface area contributed by atoms with Crippen molar-refractivity contribution in [1.82, 2.24) is 0 Å². The van der Waals surface area contributed by atoms with Gasteiger partial charge in [-0.1, -0.05) is 31.6 Å². The molecule has 5 rings (SSSR count). The molecule has 1 spiro atoms. The Morgan fingerprint density at radius 1 is 1.11 bits per heavy atom. The van der Waals surface area contributed by atoms with Crippen molar-refractivity contribution in [2.45, 2.75) is 69.3 Å². The standard InChI is InChI=1S/C24H34OS2/c1-4-5-16-14-17-15-24(26-12-13-27-24)11-10-22(17,2)19-8-9-23(3)18(21(16)19)6-7-20(23)25/h4,15-16,18-19,21H,1,5-14H2,2-3H3/t16-,18+,19+,21+,22+,23+/m1/s1. The Morgan fingerprint density at radius 2 is 1.85 bits per heavy atom. The first-order chi connectivity index (χ1) is 12.9. The van der Waals surface area contributed by atoms with Crippen molar-refractivity contribution >= 4 is 29.3 Å². The van der Waals surface area contributed by atoms with Gasteiger partial charge in [0.05, 0.1) is 4.08 Å². The van der Waals surface area contributed by atoms with Crippen molar-refractivity contribution in [3.8, 4) is 0 Å². The van der Waals surface area contributed by atoms with Crippen LogP contribution in [0.5, 0.6) is 0 Å². The fourth-order valence-electron chi connectivity index (χ4n) is 7.75. The van der Waals surface area contributed by atoms with E-state index in [9.17, 15) is 4.79 Å². The molecule has 0 aromatic heterocycles. The molecule has 0 unspecified atom stereocenters. The molecule has 0 bridgehead atoms. The third-order valence-electron chi connectivity index (χ3n) is 9.25. The van der Waals surface area contributed by atoms with Gasteiger partial charge in [-0.15, -0.1) is 30.1 Å². The molecule has 0 radical (unpaired) electrons. The van der Waals surface area contributed by atoms with E-state index in [2.05, 4.69) is 56.1 Å². The molecular weight excluding hydrogens is 368 g/mol. The molecule has 0 aromatic rings. The third-order valence-corrected chi connectivity index (χ3v) is 12.7. The smallest absolute Gasteiger partial charge is 0.139 e. The van der Waals surface area contributed by atoms with Crippen LogP contribution in [0.25, 0.3) is 0 Å². The van der Waals surface area contributed by atoms with E-state index in [1.54, 1.807) is 5.57 Å². The zero-order valence-electron chi connectivity index (χ0n) is 17.0. The largest absolute Gasteiger partial charge is 0.299 e. The predicted molar refractivity (Wildman–Crippen MR) is 118 cm³/mol. The zero-order chi connectivity index (χ0) is 18.9. The van der Waals surface area contributed by atoms with E-state index in [0.29, 0.717) is 27.1 Å². The number of Topliss-reactive ketones (excluding diaryl/α,β-unsaturated/α-hetero) is 1. The van der Waals surface area contributed by atoms with Crippen molar-refractivity contribution in [2.24, 2.45) is 34.5 Å². The molecule has 27 heavy (non-hydrogen) atoms. The second-order valence-electron chi connectivity index (χ2n) is 10.3. The first-order valence-electron chi connectivity index (χ1n) is 11.1. The lowest BCUT2D eigenvalue weighted by molar-refractivity contribution is -0.134. The number of rotatable bonds is 2. The van der Waals surface area contributed by atoms with E-state index < -0.39 is 0 Å². The van der Waals surface area contributed by atoms with Crippen LogP contribution in [0, 0.1) is 34.5 Å². The highest BCUT2D eigenvalue weighted by molar-refractivity contribution is 8.21. The summed E-state index contributed by atoms with van der Waals surface area (Å²) in [5, 5.41) is 0. The van der Waals surface area contributed by atoms with Crippen LogP contribution >= 0.6 is 23.5 Å². The summed E-state index contributed by atoms with van der Waals surface area (Å²) in [5.41, 5.74) is 2.13. The Bertz CT molecular complexity index is 690. The highest BCUT2D eigenvalue weighted by Gasteiger charge is 2.61. The molecule has 5 aliphatic rings. The van der Waals surface area contributed by atoms with Crippen LogP contribution < -0.4 is 0 Å². The Labute approximate surface area is 173 Å². The molecule has 3 saturated carbocycles. The van der Waals surface area contributed by atoms with Crippen LogP contribution in [0.2, 0.25) is 0 Å². The molecule has 4 fully saturated rings. The summed E-state index contributed by atoms with van der Waals surface area (Å²) in [6, 6.07) is 0. The number of hydrogen-bond acceptors (Lipinski definition) is 3. The number of carbonyl (C=O) groups is 1. The van der Waals surface area contributed by atoms with Gasteiger partial charge in [0.1, 0.15) is 5.78 Å². The summed E-state index contributed by atoms with van der Waals surface area (Å²) in [4.78, 5) is 12.8. The zero-order valence-corrected chi connectivity index (χ0v) is 18.6. The Hall–Kier alpha value is -0.150. The number of carbonyl (C=O) groups excluding carboxylic acids is 1. The van der Waals surface area contributed by atoms with Crippen LogP contribution in [-0.2, 0) is 4.79 Å². The summed E-state index contributed by atoms with van der Waals surface area (Å²) in [7, 11) is 0. The quantitative estimate of drug-likeness (QED) is 0.491. The first-order valence-corrected chi connectivity index (χ1v) is 13.0. The molecule has 4 aliphatic carbocycles. The molecule has 1 saturated heterocycles. The Kier molecular flexibility index (Phi) is 4.49. The molecule has 1 heterocycles. The maximum Gasteiger partial charge on any atom is 0.139 e. The van der Waals surface area contributed by atoms with Gasteiger partial charge in [-0.3, -0.25) is 4.79 Å². The second kappa shape index (κ2) is 6.42. The van der Waals surface area contributed by atoms with Gasteiger partial charge in [0.15, 0.2) is 0 Å². The normalized spacial score (nSPS) is 47.9. The molecule has 0 N–H and O–H groups in total. The molecule has 148 valence electrons. The maximum absolute atomic E-state index is 12.8. The lowest BCUT2D eigenvalue weighted by atomic mass is 9.45. The van der Waals surface area contributed by atoms with Gasteiger partial charge in [-0.25, -0.2) is 0 Å². The number of hydrogen-bond donors (Lipinski definition) is 0. The average molecular weight is 403 g/mol. The predicted octanol–water partition coefficient (Wildman–Crippen LogP) is 6.50. The van der Waals surface area contributed by atoms with Crippen molar-refractivity contribution < 1.29 is 4.79 Å². The molecule has 1 nitrogen and oxygen atoms in total. The topological polar surface area (TPSA) is 17.1 Å². The van der Waals surface area contributed by atoms with Crippen molar-refractivity contribution in [2.75, 3.05) is 11.5 Å². The highest BCUT2D eigenvalue weighted by atomic mass is 32.2. The van der Waals surface area contributed by atoms with Crippen molar-refractivity contribution in [3.05, 3.63) is 24.3 Å². The third kappa shape index (κ3) is 2.62. The number of fused-ring (bicyclic) bond motifs is 5. The van der Waals surface area contributed by atoms with E-state index in [4.69, 9.17) is 0 Å². The van der Waals surface area contributed by atoms with E-state index >= 15 is 0 Å². The van der Waals surface area contributed by atoms with Gasteiger partial charge in [-0.2, -0.15) is 0 Å². The van der Waals surface area contributed by atoms with Crippen LogP contribution in [0.3, 0.4) is 0 Å². The first kappa shape index (κ1) is 18.9. The van der Waals surface area contributed by atoms with Gasteiger partial charge >= 0.3 is 0 Å². The van der Waals surface area contributed by atoms with E-state index in [-0.39, 0.29) is 5.41 Å². The van der Waals surface area contributed by atoms with Crippen LogP contribution in [0.15, 0.2) is 24.3 Å². The van der Waals surface area contributed by atoms with E-state index in [1.807, 2.05) is 0 Å². The Balaban J connectivity index is 1.55. The molecule has 3 heteroatoms. The van der Waals surface area contributed by atoms with Crippen molar-refractivity contribution in [1.29, 1.82) is 0 Å². The van der Waals surface area contributed by atoms with Crippen LogP contribution in [0.1, 0.15) is 65.2 Å². The fraction of sp³-hybridized carbons (Fsp3) is 0.792. The van der Waals surface area contributed by atoms with Crippen molar-refractivity contribution in [3.63, 3.8) is 0 Å². The fourth-order valence-corrected chi connectivity index (χ4v) is 10.9. The average Bonchev–Trinajstić information content (AvgIpc) is 3.22. The summed E-state index contributed by atoms with van der Waals surface area (Å²) in [5.74, 6) is 6.03. The summed E-state index contributed by atoms with van der Waals surface area (Å²) >= 11 is 4.40. The number of thioether (sulfide) groups is 2. The maximum atomic E-state index is 12.8. The minimum absolute atomic E-state index is 0.0226. The lowest BCUT2D eigenvalue weighted by Gasteiger charge is -2.60. The van der Waals surface area contributed by atoms with Gasteiger partial charge in [0, 0.05) is 23.3 Å². The monoisotopic (exact) mass is 402 g/mol. The summed E-state index contributed by atoms with van der Waals surface area (Å²) in [6.07, 6.45) is 14.4. The van der Waals surface area contributed by atoms with E-state index in [1.165, 1.54) is 37.2 Å². The minimum atomic E-state index is -0.0226. The number of allylic oxidation sites excluding steroid dienone is 2. The SMILES string of the molecule is C=CC[C@@H]1CC2=CC3(CC[C@]2(C)[C@H]2CC[C@]4(C)C(=O)CC[C@H]4[C@H]12)SCCS3. The van der Waals surface area contributed by atoms with E-state index in [0.717, 1.165) is 37.5 Å². The number of ketones is 1. The van der Waals surface area contributed by atoms with Gasteiger partial charge < -0.3 is 0 Å². The van der Waals surface area contributed by atoms with Gasteiger partial charge in [0.2, 0.25) is 0 Å². The highest BCUT2D eigenvalue weighted by Crippen LogP contribution is 2.68. The van der Waals surface area contributed by atoms with Gasteiger partial charge in [0.25, 0.3) is 0 Å². The lowest BCUT2D eigenvalue weighted by Crippen LogP contribution is -2.54. The van der Waals surface area contributed by atoms with Crippen LogP contribution in [-0.4, -0.2) is 21.4 Å².